The van der Waals surface area contributed by atoms with Gasteiger partial charge in [0.15, 0.2) is 5.96 Å². The molecule has 0 spiro atoms. The zero-order valence-electron chi connectivity index (χ0n) is 17.4. The van der Waals surface area contributed by atoms with Gasteiger partial charge in [0.2, 0.25) is 0 Å². The largest absolute Gasteiger partial charge is 0.372 e. The summed E-state index contributed by atoms with van der Waals surface area (Å²) in [5.41, 5.74) is 3.77. The van der Waals surface area contributed by atoms with Crippen LogP contribution in [0.1, 0.15) is 30.9 Å². The monoisotopic (exact) mass is 496 g/mol. The first-order valence-electron chi connectivity index (χ1n) is 9.78. The van der Waals surface area contributed by atoms with Crippen LogP contribution in [0.15, 0.2) is 41.7 Å². The number of aromatic nitrogens is 2. The Kier molecular flexibility index (Phi) is 8.59. The molecular weight excluding hydrogens is 463 g/mol. The first kappa shape index (κ1) is 22.5. The van der Waals surface area contributed by atoms with Crippen molar-refractivity contribution in [1.82, 2.24) is 20.0 Å². The maximum absolute atomic E-state index is 4.40. The van der Waals surface area contributed by atoms with Crippen molar-refractivity contribution in [2.24, 2.45) is 18.0 Å². The molecule has 0 saturated carbocycles. The molecule has 1 fully saturated rings. The van der Waals surface area contributed by atoms with E-state index in [0.29, 0.717) is 0 Å². The van der Waals surface area contributed by atoms with Crippen molar-refractivity contribution in [2.45, 2.75) is 32.9 Å². The Bertz CT molecular complexity index is 747. The predicted octanol–water partition coefficient (Wildman–Crippen LogP) is 3.48. The van der Waals surface area contributed by atoms with Crippen molar-refractivity contribution in [3.05, 3.63) is 47.8 Å². The topological polar surface area (TPSA) is 48.7 Å². The Morgan fingerprint density at radius 2 is 1.89 bits per heavy atom. The minimum absolute atomic E-state index is 0. The molecule has 1 N–H and O–H groups in total. The Labute approximate surface area is 186 Å². The van der Waals surface area contributed by atoms with Gasteiger partial charge >= 0.3 is 0 Å². The van der Waals surface area contributed by atoms with E-state index in [9.17, 15) is 0 Å². The molecule has 1 saturated heterocycles. The summed E-state index contributed by atoms with van der Waals surface area (Å²) < 4.78 is 1.82. The summed E-state index contributed by atoms with van der Waals surface area (Å²) in [5.74, 6) is 1.74. The van der Waals surface area contributed by atoms with Crippen molar-refractivity contribution in [3.8, 4) is 0 Å². The average Bonchev–Trinajstić information content (AvgIpc) is 3.08. The highest BCUT2D eigenvalue weighted by atomic mass is 127. The van der Waals surface area contributed by atoms with Crippen LogP contribution in [0.3, 0.4) is 0 Å². The zero-order valence-corrected chi connectivity index (χ0v) is 19.8. The van der Waals surface area contributed by atoms with E-state index in [1.807, 2.05) is 38.2 Å². The molecular formula is C21H33IN6. The molecule has 154 valence electrons. The van der Waals surface area contributed by atoms with Gasteiger partial charge in [-0.25, -0.2) is 0 Å². The molecule has 0 amide bonds. The van der Waals surface area contributed by atoms with Gasteiger partial charge in [-0.2, -0.15) is 5.10 Å². The average molecular weight is 496 g/mol. The number of benzene rings is 1. The van der Waals surface area contributed by atoms with Gasteiger partial charge in [-0.05, 0) is 36.5 Å². The molecule has 1 aromatic carbocycles. The number of rotatable bonds is 5. The highest BCUT2D eigenvalue weighted by Crippen LogP contribution is 2.23. The van der Waals surface area contributed by atoms with Gasteiger partial charge in [0.25, 0.3) is 0 Å². The number of aryl methyl sites for hydroxylation is 1. The molecule has 6 nitrogen and oxygen atoms in total. The van der Waals surface area contributed by atoms with Crippen LogP contribution >= 0.6 is 24.0 Å². The van der Waals surface area contributed by atoms with Gasteiger partial charge in [-0.15, -0.1) is 24.0 Å². The molecule has 2 heterocycles. The highest BCUT2D eigenvalue weighted by Gasteiger charge is 2.15. The van der Waals surface area contributed by atoms with Gasteiger partial charge in [-0.1, -0.05) is 19.1 Å². The molecule has 1 aliphatic heterocycles. The molecule has 1 aromatic heterocycles. The lowest BCUT2D eigenvalue weighted by atomic mass is 9.99. The van der Waals surface area contributed by atoms with Crippen LogP contribution in [-0.2, 0) is 20.1 Å². The normalized spacial score (nSPS) is 15.3. The number of guanidine groups is 1. The van der Waals surface area contributed by atoms with Crippen molar-refractivity contribution in [3.63, 3.8) is 0 Å². The number of nitrogens with one attached hydrogen (secondary N) is 1. The lowest BCUT2D eigenvalue weighted by Crippen LogP contribution is -2.38. The van der Waals surface area contributed by atoms with Crippen molar-refractivity contribution >= 4 is 35.6 Å². The minimum atomic E-state index is 0. The van der Waals surface area contributed by atoms with E-state index >= 15 is 0 Å². The third-order valence-corrected chi connectivity index (χ3v) is 5.29. The molecule has 0 bridgehead atoms. The molecule has 28 heavy (non-hydrogen) atoms. The SMILES string of the molecule is CN=C(NCc1ccc(N2CCC(C)CC2)cc1)N(C)Cc1cnn(C)c1.I. The maximum atomic E-state index is 4.40. The highest BCUT2D eigenvalue weighted by molar-refractivity contribution is 14.0. The summed E-state index contributed by atoms with van der Waals surface area (Å²) in [6.45, 7) is 6.24. The van der Waals surface area contributed by atoms with E-state index in [1.54, 1.807) is 0 Å². The zero-order chi connectivity index (χ0) is 19.2. The summed E-state index contributed by atoms with van der Waals surface area (Å²) in [4.78, 5) is 9.01. The number of nitrogens with zero attached hydrogens (tertiary/aromatic N) is 5. The molecule has 3 rings (SSSR count). The number of halogens is 1. The predicted molar refractivity (Wildman–Crippen MR) is 127 cm³/mol. The standard InChI is InChI=1S/C21H32N6.HI/c1-17-9-11-27(12-10-17)20-7-5-18(6-8-20)13-23-21(22-2)25(3)15-19-14-24-26(4)16-19;/h5-8,14,16-17H,9-13,15H2,1-4H3,(H,22,23);1H. The quantitative estimate of drug-likeness (QED) is 0.391. The van der Waals surface area contributed by atoms with E-state index in [4.69, 9.17) is 0 Å². The van der Waals surface area contributed by atoms with E-state index in [-0.39, 0.29) is 24.0 Å². The van der Waals surface area contributed by atoms with Gasteiger partial charge in [0.05, 0.1) is 6.20 Å². The Hall–Kier alpha value is -1.77. The fourth-order valence-corrected chi connectivity index (χ4v) is 3.56. The molecule has 0 unspecified atom stereocenters. The van der Waals surface area contributed by atoms with E-state index in [2.05, 4.69) is 56.4 Å². The van der Waals surface area contributed by atoms with Crippen LogP contribution < -0.4 is 10.2 Å². The van der Waals surface area contributed by atoms with Crippen LogP contribution in [0, 0.1) is 5.92 Å². The van der Waals surface area contributed by atoms with Crippen LogP contribution in [-0.4, -0.2) is 47.8 Å². The summed E-state index contributed by atoms with van der Waals surface area (Å²) in [6, 6.07) is 8.92. The maximum Gasteiger partial charge on any atom is 0.193 e. The summed E-state index contributed by atoms with van der Waals surface area (Å²) in [5, 5.41) is 7.68. The molecule has 2 aromatic rings. The van der Waals surface area contributed by atoms with Crippen LogP contribution in [0.25, 0.3) is 0 Å². The minimum Gasteiger partial charge on any atom is -0.372 e. The van der Waals surface area contributed by atoms with Gasteiger partial charge in [0.1, 0.15) is 0 Å². The van der Waals surface area contributed by atoms with Gasteiger partial charge in [0, 0.05) is 64.8 Å². The molecule has 0 atom stereocenters. The summed E-state index contributed by atoms with van der Waals surface area (Å²) in [6.07, 6.45) is 6.51. The van der Waals surface area contributed by atoms with E-state index < -0.39 is 0 Å². The lowest BCUT2D eigenvalue weighted by molar-refractivity contribution is 0.438. The summed E-state index contributed by atoms with van der Waals surface area (Å²) >= 11 is 0. The number of aliphatic imine (C=N–C) groups is 1. The van der Waals surface area contributed by atoms with Gasteiger partial charge < -0.3 is 15.1 Å². The first-order valence-corrected chi connectivity index (χ1v) is 9.78. The third kappa shape index (κ3) is 6.12. The van der Waals surface area contributed by atoms with Gasteiger partial charge in [-0.3, -0.25) is 9.67 Å². The Morgan fingerprint density at radius 3 is 2.46 bits per heavy atom. The second-order valence-electron chi connectivity index (χ2n) is 7.62. The van der Waals surface area contributed by atoms with E-state index in [0.717, 1.165) is 25.0 Å². The number of anilines is 1. The number of hydrogen-bond acceptors (Lipinski definition) is 3. The van der Waals surface area contributed by atoms with E-state index in [1.165, 1.54) is 42.7 Å². The summed E-state index contributed by atoms with van der Waals surface area (Å²) in [7, 11) is 5.80. The van der Waals surface area contributed by atoms with Crippen molar-refractivity contribution in [2.75, 3.05) is 32.1 Å². The lowest BCUT2D eigenvalue weighted by Gasteiger charge is -2.32. The first-order chi connectivity index (χ1) is 13.0. The van der Waals surface area contributed by atoms with Crippen LogP contribution in [0.4, 0.5) is 5.69 Å². The Morgan fingerprint density at radius 1 is 1.21 bits per heavy atom. The fraction of sp³-hybridized carbons (Fsp3) is 0.524. The van der Waals surface area contributed by atoms with Crippen molar-refractivity contribution < 1.29 is 0 Å². The van der Waals surface area contributed by atoms with Crippen molar-refractivity contribution in [1.29, 1.82) is 0 Å². The second-order valence-corrected chi connectivity index (χ2v) is 7.62. The number of piperidine rings is 1. The molecule has 7 heteroatoms. The Balaban J connectivity index is 0.00000280. The molecule has 1 aliphatic rings. The fourth-order valence-electron chi connectivity index (χ4n) is 3.56. The third-order valence-electron chi connectivity index (χ3n) is 5.29. The molecule has 0 aliphatic carbocycles. The molecule has 0 radical (unpaired) electrons. The van der Waals surface area contributed by atoms with Crippen LogP contribution in [0.5, 0.6) is 0 Å². The number of hydrogen-bond donors (Lipinski definition) is 1. The smallest absolute Gasteiger partial charge is 0.193 e. The van der Waals surface area contributed by atoms with Crippen LogP contribution in [0.2, 0.25) is 0 Å². The second kappa shape index (κ2) is 10.7.